The number of nitrogens with zero attached hydrogens (tertiary/aromatic N) is 4. The minimum atomic E-state index is -0.133. The van der Waals surface area contributed by atoms with E-state index in [9.17, 15) is 4.79 Å². The smallest absolute Gasteiger partial charge is 0.234 e. The lowest BCUT2D eigenvalue weighted by Crippen LogP contribution is -2.18. The normalized spacial score (nSPS) is 17.2. The Morgan fingerprint density at radius 3 is 3.17 bits per heavy atom. The molecule has 9 heteroatoms. The number of ether oxygens (including phenoxy) is 1. The molecule has 1 aliphatic heterocycles. The van der Waals surface area contributed by atoms with Gasteiger partial charge in [0.2, 0.25) is 11.1 Å². The molecule has 0 aliphatic carbocycles. The summed E-state index contributed by atoms with van der Waals surface area (Å²) in [6.07, 6.45) is 2.23. The summed E-state index contributed by atoms with van der Waals surface area (Å²) in [6, 6.07) is 5.43. The fourth-order valence-electron chi connectivity index (χ4n) is 2.39. The largest absolute Gasteiger partial charge is 0.376 e. The highest BCUT2D eigenvalue weighted by atomic mass is 35.5. The quantitative estimate of drug-likeness (QED) is 0.790. The van der Waals surface area contributed by atoms with Crippen LogP contribution in [0.1, 0.15) is 18.4 Å². The molecule has 1 fully saturated rings. The molecule has 1 atom stereocenters. The molecule has 0 bridgehead atoms. The van der Waals surface area contributed by atoms with Crippen molar-refractivity contribution >= 4 is 35.0 Å². The number of aryl methyl sites for hydroxylation is 1. The number of hydrogen-bond acceptors (Lipinski definition) is 6. The molecule has 2 aromatic rings. The first kappa shape index (κ1) is 17.2. The first-order chi connectivity index (χ1) is 11.6. The van der Waals surface area contributed by atoms with Crippen LogP contribution in [-0.4, -0.2) is 44.6 Å². The molecule has 1 amide bonds. The van der Waals surface area contributed by atoms with Crippen molar-refractivity contribution in [1.82, 2.24) is 20.2 Å². The second-order valence-electron chi connectivity index (χ2n) is 5.58. The van der Waals surface area contributed by atoms with Gasteiger partial charge in [0.05, 0.1) is 18.4 Å². The van der Waals surface area contributed by atoms with Gasteiger partial charge >= 0.3 is 0 Å². The van der Waals surface area contributed by atoms with Crippen LogP contribution in [0.3, 0.4) is 0 Å². The van der Waals surface area contributed by atoms with Crippen molar-refractivity contribution in [3.8, 4) is 0 Å². The van der Waals surface area contributed by atoms with Crippen LogP contribution in [0.5, 0.6) is 0 Å². The van der Waals surface area contributed by atoms with Crippen LogP contribution >= 0.6 is 23.4 Å². The van der Waals surface area contributed by atoms with Gasteiger partial charge in [0.1, 0.15) is 0 Å². The Morgan fingerprint density at radius 2 is 2.42 bits per heavy atom. The van der Waals surface area contributed by atoms with Crippen LogP contribution in [0, 0.1) is 6.92 Å². The van der Waals surface area contributed by atoms with Gasteiger partial charge in [-0.05, 0) is 47.9 Å². The van der Waals surface area contributed by atoms with Crippen molar-refractivity contribution in [2.75, 3.05) is 17.7 Å². The Labute approximate surface area is 149 Å². The fourth-order valence-corrected chi connectivity index (χ4v) is 3.26. The maximum atomic E-state index is 12.1. The number of carbonyl (C=O) groups is 1. The van der Waals surface area contributed by atoms with E-state index in [2.05, 4.69) is 20.8 Å². The minimum Gasteiger partial charge on any atom is -0.376 e. The van der Waals surface area contributed by atoms with Gasteiger partial charge in [-0.25, -0.2) is 4.68 Å². The van der Waals surface area contributed by atoms with Crippen molar-refractivity contribution in [2.45, 2.75) is 37.6 Å². The number of rotatable bonds is 6. The van der Waals surface area contributed by atoms with Crippen molar-refractivity contribution in [3.05, 3.63) is 28.8 Å². The van der Waals surface area contributed by atoms with Gasteiger partial charge < -0.3 is 10.1 Å². The lowest BCUT2D eigenvalue weighted by atomic mass is 10.2. The predicted molar refractivity (Wildman–Crippen MR) is 92.3 cm³/mol. The van der Waals surface area contributed by atoms with E-state index in [4.69, 9.17) is 16.3 Å². The van der Waals surface area contributed by atoms with Gasteiger partial charge in [-0.15, -0.1) is 5.10 Å². The Bertz CT molecular complexity index is 718. The van der Waals surface area contributed by atoms with Crippen LogP contribution < -0.4 is 5.32 Å². The van der Waals surface area contributed by atoms with Gasteiger partial charge in [0.15, 0.2) is 0 Å². The van der Waals surface area contributed by atoms with Crippen molar-refractivity contribution in [1.29, 1.82) is 0 Å². The fraction of sp³-hybridized carbons (Fsp3) is 0.467. The highest BCUT2D eigenvalue weighted by Crippen LogP contribution is 2.21. The molecule has 1 aromatic carbocycles. The third kappa shape index (κ3) is 4.46. The molecule has 0 saturated carbocycles. The molecule has 24 heavy (non-hydrogen) atoms. The zero-order valence-electron chi connectivity index (χ0n) is 13.2. The Morgan fingerprint density at radius 1 is 1.54 bits per heavy atom. The van der Waals surface area contributed by atoms with E-state index in [1.54, 1.807) is 10.7 Å². The molecule has 1 aromatic heterocycles. The Hall–Kier alpha value is -1.64. The number of amides is 1. The van der Waals surface area contributed by atoms with Gasteiger partial charge in [-0.2, -0.15) is 0 Å². The summed E-state index contributed by atoms with van der Waals surface area (Å²) in [5.74, 6) is 0.0868. The molecule has 1 N–H and O–H groups in total. The lowest BCUT2D eigenvalue weighted by molar-refractivity contribution is -0.113. The van der Waals surface area contributed by atoms with E-state index in [1.165, 1.54) is 11.8 Å². The predicted octanol–water partition coefficient (Wildman–Crippen LogP) is 2.54. The monoisotopic (exact) mass is 367 g/mol. The first-order valence-electron chi connectivity index (χ1n) is 7.68. The van der Waals surface area contributed by atoms with Gasteiger partial charge in [-0.1, -0.05) is 29.4 Å². The van der Waals surface area contributed by atoms with Crippen LogP contribution in [0.15, 0.2) is 23.4 Å². The number of thioether (sulfide) groups is 1. The van der Waals surface area contributed by atoms with Crippen molar-refractivity contribution < 1.29 is 9.53 Å². The maximum Gasteiger partial charge on any atom is 0.234 e. The average Bonchev–Trinajstić information content (AvgIpc) is 3.21. The number of carbonyl (C=O) groups excluding carboxylic acids is 1. The molecule has 7 nitrogen and oxygen atoms in total. The van der Waals surface area contributed by atoms with Crippen molar-refractivity contribution in [3.63, 3.8) is 0 Å². The van der Waals surface area contributed by atoms with Gasteiger partial charge in [0.25, 0.3) is 0 Å². The number of aromatic nitrogens is 4. The molecule has 0 radical (unpaired) electrons. The van der Waals surface area contributed by atoms with E-state index in [0.29, 0.717) is 22.4 Å². The SMILES string of the molecule is Cc1ccc(NC(=O)CSc2nnnn2CC2CCCO2)cc1Cl. The standard InChI is InChI=1S/C15H18ClN5O2S/c1-10-4-5-11(7-13(10)16)17-14(22)9-24-15-18-19-20-21(15)8-12-3-2-6-23-12/h4-5,7,12H,2-3,6,8-9H2,1H3,(H,17,22). The molecule has 1 aliphatic rings. The molecule has 0 spiro atoms. The Balaban J connectivity index is 1.52. The summed E-state index contributed by atoms with van der Waals surface area (Å²) in [6.45, 7) is 3.32. The van der Waals surface area contributed by atoms with E-state index in [1.807, 2.05) is 19.1 Å². The third-order valence-electron chi connectivity index (χ3n) is 3.69. The molecule has 3 rings (SSSR count). The van der Waals surface area contributed by atoms with Crippen LogP contribution in [-0.2, 0) is 16.1 Å². The molecule has 2 heterocycles. The second kappa shape index (κ2) is 7.96. The third-order valence-corrected chi connectivity index (χ3v) is 5.05. The van der Waals surface area contributed by atoms with E-state index in [0.717, 1.165) is 25.0 Å². The lowest BCUT2D eigenvalue weighted by Gasteiger charge is -2.10. The van der Waals surface area contributed by atoms with Crippen LogP contribution in [0.2, 0.25) is 5.02 Å². The highest BCUT2D eigenvalue weighted by Gasteiger charge is 2.19. The molecular weight excluding hydrogens is 350 g/mol. The number of halogens is 1. The Kier molecular flexibility index (Phi) is 5.70. The second-order valence-corrected chi connectivity index (χ2v) is 6.93. The number of anilines is 1. The van der Waals surface area contributed by atoms with Gasteiger partial charge in [0, 0.05) is 17.3 Å². The number of tetrazole rings is 1. The van der Waals surface area contributed by atoms with Crippen molar-refractivity contribution in [2.24, 2.45) is 0 Å². The highest BCUT2D eigenvalue weighted by molar-refractivity contribution is 7.99. The van der Waals surface area contributed by atoms with E-state index >= 15 is 0 Å². The number of benzene rings is 1. The van der Waals surface area contributed by atoms with Gasteiger partial charge in [-0.3, -0.25) is 4.79 Å². The zero-order chi connectivity index (χ0) is 16.9. The maximum absolute atomic E-state index is 12.1. The molecular formula is C15H18ClN5O2S. The van der Waals surface area contributed by atoms with E-state index in [-0.39, 0.29) is 17.8 Å². The number of hydrogen-bond donors (Lipinski definition) is 1. The number of nitrogens with one attached hydrogen (secondary N) is 1. The first-order valence-corrected chi connectivity index (χ1v) is 9.05. The van der Waals surface area contributed by atoms with Crippen LogP contribution in [0.4, 0.5) is 5.69 Å². The zero-order valence-corrected chi connectivity index (χ0v) is 14.8. The molecule has 128 valence electrons. The topological polar surface area (TPSA) is 81.9 Å². The average molecular weight is 368 g/mol. The molecule has 1 unspecified atom stereocenters. The summed E-state index contributed by atoms with van der Waals surface area (Å²) in [5, 5.41) is 15.7. The van der Waals surface area contributed by atoms with Crippen LogP contribution in [0.25, 0.3) is 0 Å². The summed E-state index contributed by atoms with van der Waals surface area (Å²) >= 11 is 7.36. The van der Waals surface area contributed by atoms with E-state index < -0.39 is 0 Å². The summed E-state index contributed by atoms with van der Waals surface area (Å²) in [7, 11) is 0. The summed E-state index contributed by atoms with van der Waals surface area (Å²) in [5.41, 5.74) is 1.65. The summed E-state index contributed by atoms with van der Waals surface area (Å²) < 4.78 is 7.28. The molecule has 1 saturated heterocycles. The summed E-state index contributed by atoms with van der Waals surface area (Å²) in [4.78, 5) is 12.1. The minimum absolute atomic E-state index is 0.133.